The molecule has 0 bridgehead atoms. The molecule has 0 spiro atoms. The van der Waals surface area contributed by atoms with Gasteiger partial charge in [0.05, 0.1) is 12.0 Å². The summed E-state index contributed by atoms with van der Waals surface area (Å²) in [6, 6.07) is 13.5. The molecule has 2 aliphatic rings. The third-order valence-corrected chi connectivity index (χ3v) is 6.38. The van der Waals surface area contributed by atoms with Crippen molar-refractivity contribution in [1.82, 2.24) is 0 Å². The molecule has 3 atom stereocenters. The quantitative estimate of drug-likeness (QED) is 0.369. The number of hydrogen-bond donors (Lipinski definition) is 0. The predicted octanol–water partition coefficient (Wildman–Crippen LogP) is 5.00. The molecule has 2 aromatic carbocycles. The zero-order chi connectivity index (χ0) is 23.0. The number of hydrogen-bond acceptors (Lipinski definition) is 6. The molecule has 0 N–H and O–H groups in total. The number of carbonyl (C=O) groups is 2. The van der Waals surface area contributed by atoms with E-state index in [4.69, 9.17) is 16.3 Å². The summed E-state index contributed by atoms with van der Waals surface area (Å²) in [5.41, 5.74) is 3.00. The molecule has 4 rings (SSSR count). The van der Waals surface area contributed by atoms with Gasteiger partial charge in [-0.3, -0.25) is 24.7 Å². The molecule has 164 valence electrons. The predicted molar refractivity (Wildman–Crippen MR) is 120 cm³/mol. The second-order valence-electron chi connectivity index (χ2n) is 8.02. The van der Waals surface area contributed by atoms with Crippen LogP contribution in [-0.4, -0.2) is 29.5 Å². The van der Waals surface area contributed by atoms with E-state index in [-0.39, 0.29) is 23.8 Å². The van der Waals surface area contributed by atoms with Crippen molar-refractivity contribution in [2.24, 2.45) is 10.9 Å². The van der Waals surface area contributed by atoms with Gasteiger partial charge in [-0.1, -0.05) is 35.9 Å². The minimum atomic E-state index is -0.822. The molecule has 0 saturated carbocycles. The molecule has 8 heteroatoms. The maximum atomic E-state index is 13.4. The summed E-state index contributed by atoms with van der Waals surface area (Å²) < 4.78 is 5.01. The Morgan fingerprint density at radius 1 is 1.16 bits per heavy atom. The lowest BCUT2D eigenvalue weighted by Gasteiger charge is -2.36. The van der Waals surface area contributed by atoms with E-state index in [2.05, 4.69) is 4.99 Å². The molecule has 0 fully saturated rings. The van der Waals surface area contributed by atoms with Gasteiger partial charge in [-0.15, -0.1) is 0 Å². The van der Waals surface area contributed by atoms with Crippen LogP contribution in [0.15, 0.2) is 64.8 Å². The SMILES string of the molecule is COC(=O)C1C(C)=NC2=C(C(=O)C[C@@H](c3ccc(Cl)cc3)C2)[C@@H]1c1cccc([N+](=O)[O-])c1. The van der Waals surface area contributed by atoms with Gasteiger partial charge in [-0.05, 0) is 42.5 Å². The van der Waals surface area contributed by atoms with Gasteiger partial charge < -0.3 is 4.74 Å². The molecule has 1 aliphatic carbocycles. The molecule has 0 amide bonds. The number of halogens is 1. The fraction of sp³-hybridized carbons (Fsp3) is 0.292. The van der Waals surface area contributed by atoms with E-state index in [1.807, 2.05) is 12.1 Å². The van der Waals surface area contributed by atoms with Crippen LogP contribution >= 0.6 is 11.6 Å². The van der Waals surface area contributed by atoms with Crippen molar-refractivity contribution in [2.45, 2.75) is 31.6 Å². The highest BCUT2D eigenvalue weighted by Gasteiger charge is 2.44. The molecule has 0 aromatic heterocycles. The van der Waals surface area contributed by atoms with Crippen molar-refractivity contribution in [3.63, 3.8) is 0 Å². The Morgan fingerprint density at radius 3 is 2.53 bits per heavy atom. The van der Waals surface area contributed by atoms with Gasteiger partial charge >= 0.3 is 5.97 Å². The summed E-state index contributed by atoms with van der Waals surface area (Å²) in [5, 5.41) is 12.0. The van der Waals surface area contributed by atoms with Gasteiger partial charge in [0.25, 0.3) is 5.69 Å². The minimum Gasteiger partial charge on any atom is -0.468 e. The van der Waals surface area contributed by atoms with Crippen LogP contribution in [0.5, 0.6) is 0 Å². The van der Waals surface area contributed by atoms with Crippen molar-refractivity contribution in [3.05, 3.63) is 86.1 Å². The molecular formula is C24H21ClN2O5. The lowest BCUT2D eigenvalue weighted by molar-refractivity contribution is -0.384. The molecule has 2 aromatic rings. The summed E-state index contributed by atoms with van der Waals surface area (Å²) in [7, 11) is 1.28. The molecular weight excluding hydrogens is 432 g/mol. The van der Waals surface area contributed by atoms with Crippen LogP contribution in [0.2, 0.25) is 5.02 Å². The van der Waals surface area contributed by atoms with Crippen LogP contribution in [0.1, 0.15) is 42.7 Å². The number of nitro groups is 1. The summed E-state index contributed by atoms with van der Waals surface area (Å²) in [6.45, 7) is 1.73. The monoisotopic (exact) mass is 452 g/mol. The van der Waals surface area contributed by atoms with Crippen molar-refractivity contribution >= 4 is 34.8 Å². The van der Waals surface area contributed by atoms with Gasteiger partial charge in [-0.25, -0.2) is 0 Å². The zero-order valence-electron chi connectivity index (χ0n) is 17.6. The number of Topliss-reactive ketones (excluding diaryl/α,β-unsaturated/α-hetero) is 1. The topological polar surface area (TPSA) is 98.9 Å². The summed E-state index contributed by atoms with van der Waals surface area (Å²) in [5.74, 6) is -2.21. The highest BCUT2D eigenvalue weighted by Crippen LogP contribution is 2.47. The van der Waals surface area contributed by atoms with E-state index in [1.165, 1.54) is 19.2 Å². The van der Waals surface area contributed by atoms with Crippen LogP contribution in [0.3, 0.4) is 0 Å². The second-order valence-corrected chi connectivity index (χ2v) is 8.46. The maximum absolute atomic E-state index is 13.4. The summed E-state index contributed by atoms with van der Waals surface area (Å²) in [6.07, 6.45) is 0.785. The number of nitrogens with zero attached hydrogens (tertiary/aromatic N) is 2. The van der Waals surface area contributed by atoms with Crippen LogP contribution < -0.4 is 0 Å². The second kappa shape index (κ2) is 8.67. The highest BCUT2D eigenvalue weighted by atomic mass is 35.5. The number of rotatable bonds is 4. The van der Waals surface area contributed by atoms with Crippen molar-refractivity contribution in [3.8, 4) is 0 Å². The fourth-order valence-corrected chi connectivity index (χ4v) is 4.78. The number of carbonyl (C=O) groups excluding carboxylic acids is 2. The number of aliphatic imine (C=N–C) groups is 1. The molecule has 0 radical (unpaired) electrons. The standard InChI is InChI=1S/C24H21ClN2O5/c1-13-21(24(29)32-2)22(15-4-3-5-18(10-15)27(30)31)23-19(26-13)11-16(12-20(23)28)14-6-8-17(25)9-7-14/h3-10,16,21-22H,11-12H2,1-2H3/t16-,21?,22+/m0/s1. The number of benzene rings is 2. The third kappa shape index (κ3) is 3.96. The molecule has 1 aliphatic heterocycles. The lowest BCUT2D eigenvalue weighted by Crippen LogP contribution is -2.37. The van der Waals surface area contributed by atoms with Gasteiger partial charge in [0.2, 0.25) is 0 Å². The van der Waals surface area contributed by atoms with Crippen molar-refractivity contribution < 1.29 is 19.2 Å². The van der Waals surface area contributed by atoms with E-state index >= 15 is 0 Å². The Labute approximate surface area is 189 Å². The number of allylic oxidation sites excluding steroid dienone is 2. The molecule has 7 nitrogen and oxygen atoms in total. The number of nitro benzene ring substituents is 1. The Kier molecular flexibility index (Phi) is 5.93. The molecule has 32 heavy (non-hydrogen) atoms. The minimum absolute atomic E-state index is 0.0597. The van der Waals surface area contributed by atoms with Gasteiger partial charge in [-0.2, -0.15) is 0 Å². The first-order chi connectivity index (χ1) is 15.3. The Bertz CT molecular complexity index is 1170. The van der Waals surface area contributed by atoms with Crippen LogP contribution in [-0.2, 0) is 14.3 Å². The van der Waals surface area contributed by atoms with E-state index in [0.717, 1.165) is 5.56 Å². The lowest BCUT2D eigenvalue weighted by atomic mass is 9.69. The molecule has 0 saturated heterocycles. The normalized spacial score (nSPS) is 22.8. The van der Waals surface area contributed by atoms with E-state index < -0.39 is 22.7 Å². The highest BCUT2D eigenvalue weighted by molar-refractivity contribution is 6.30. The van der Waals surface area contributed by atoms with E-state index in [1.54, 1.807) is 31.2 Å². The van der Waals surface area contributed by atoms with Crippen molar-refractivity contribution in [1.29, 1.82) is 0 Å². The van der Waals surface area contributed by atoms with Gasteiger partial charge in [0.1, 0.15) is 5.92 Å². The van der Waals surface area contributed by atoms with Gasteiger partial charge in [0, 0.05) is 46.5 Å². The van der Waals surface area contributed by atoms with E-state index in [9.17, 15) is 19.7 Å². The average Bonchev–Trinajstić information content (AvgIpc) is 2.78. The number of esters is 1. The first-order valence-electron chi connectivity index (χ1n) is 10.2. The fourth-order valence-electron chi connectivity index (χ4n) is 4.65. The maximum Gasteiger partial charge on any atom is 0.315 e. The summed E-state index contributed by atoms with van der Waals surface area (Å²) in [4.78, 5) is 41.6. The summed E-state index contributed by atoms with van der Waals surface area (Å²) >= 11 is 6.00. The number of ketones is 1. The molecule has 1 heterocycles. The average molecular weight is 453 g/mol. The smallest absolute Gasteiger partial charge is 0.315 e. The number of non-ortho nitro benzene ring substituents is 1. The zero-order valence-corrected chi connectivity index (χ0v) is 18.3. The Balaban J connectivity index is 1.82. The van der Waals surface area contributed by atoms with Crippen LogP contribution in [0.4, 0.5) is 5.69 Å². The first kappa shape index (κ1) is 21.9. The first-order valence-corrected chi connectivity index (χ1v) is 10.6. The number of ether oxygens (including phenoxy) is 1. The molecule has 1 unspecified atom stereocenters. The Morgan fingerprint density at radius 2 is 1.88 bits per heavy atom. The van der Waals surface area contributed by atoms with E-state index in [0.29, 0.717) is 34.0 Å². The number of methoxy groups -OCH3 is 1. The van der Waals surface area contributed by atoms with Gasteiger partial charge in [0.15, 0.2) is 5.78 Å². The largest absolute Gasteiger partial charge is 0.468 e. The Hall–Kier alpha value is -3.32. The van der Waals surface area contributed by atoms with Crippen LogP contribution in [0.25, 0.3) is 0 Å². The third-order valence-electron chi connectivity index (χ3n) is 6.13. The van der Waals surface area contributed by atoms with Crippen molar-refractivity contribution in [2.75, 3.05) is 7.11 Å². The van der Waals surface area contributed by atoms with Crippen LogP contribution in [0, 0.1) is 16.0 Å².